The number of nitrogens with one attached hydrogen (secondary N) is 4. The van der Waals surface area contributed by atoms with Crippen molar-refractivity contribution in [3.8, 4) is 11.5 Å². The van der Waals surface area contributed by atoms with Gasteiger partial charge in [0, 0.05) is 37.3 Å². The molecule has 0 saturated carbocycles. The van der Waals surface area contributed by atoms with Gasteiger partial charge in [-0.2, -0.15) is 0 Å². The van der Waals surface area contributed by atoms with Crippen LogP contribution in [0, 0.1) is 10.8 Å². The first-order chi connectivity index (χ1) is 21.0. The highest BCUT2D eigenvalue weighted by Gasteiger charge is 2.03. The minimum atomic E-state index is 0.0469. The Morgan fingerprint density at radius 1 is 0.558 bits per heavy atom. The SMILES string of the molecule is N=C(N)c1ccc(OCc2cccc(CNCCOCCNCc3cccc(COc4ccc(C(=N)N)cc4)c3)c2)cc1. The fraction of sp³-hybridized carbons (Fsp3) is 0.235. The van der Waals surface area contributed by atoms with Crippen LogP contribution < -0.4 is 31.6 Å². The van der Waals surface area contributed by atoms with E-state index in [-0.39, 0.29) is 11.7 Å². The first-order valence-electron chi connectivity index (χ1n) is 14.3. The van der Waals surface area contributed by atoms with Crippen LogP contribution in [0.5, 0.6) is 11.5 Å². The minimum Gasteiger partial charge on any atom is -0.489 e. The number of hydrogen-bond donors (Lipinski definition) is 6. The summed E-state index contributed by atoms with van der Waals surface area (Å²) in [5.41, 5.74) is 16.9. The second-order valence-electron chi connectivity index (χ2n) is 10.1. The number of benzene rings is 4. The monoisotopic (exact) mass is 580 g/mol. The molecule has 9 nitrogen and oxygen atoms in total. The molecule has 0 heterocycles. The highest BCUT2D eigenvalue weighted by molar-refractivity contribution is 5.95. The summed E-state index contributed by atoms with van der Waals surface area (Å²) in [4.78, 5) is 0. The Hall–Kier alpha value is -4.70. The molecule has 0 spiro atoms. The van der Waals surface area contributed by atoms with Crippen molar-refractivity contribution in [1.29, 1.82) is 10.8 Å². The largest absolute Gasteiger partial charge is 0.489 e. The fourth-order valence-corrected chi connectivity index (χ4v) is 4.31. The number of hydrogen-bond acceptors (Lipinski definition) is 7. The number of ether oxygens (including phenoxy) is 3. The molecular formula is C34H40N6O3. The first-order valence-corrected chi connectivity index (χ1v) is 14.3. The van der Waals surface area contributed by atoms with Gasteiger partial charge in [-0.25, -0.2) is 0 Å². The van der Waals surface area contributed by atoms with E-state index < -0.39 is 0 Å². The number of nitrogens with two attached hydrogens (primary N) is 2. The maximum Gasteiger partial charge on any atom is 0.122 e. The molecule has 43 heavy (non-hydrogen) atoms. The molecule has 4 aromatic rings. The number of amidine groups is 2. The van der Waals surface area contributed by atoms with Gasteiger partial charge in [-0.15, -0.1) is 0 Å². The molecule has 0 amide bonds. The molecule has 0 aliphatic heterocycles. The average Bonchev–Trinajstić information content (AvgIpc) is 3.03. The van der Waals surface area contributed by atoms with E-state index in [2.05, 4.69) is 34.9 Å². The van der Waals surface area contributed by atoms with E-state index in [1.165, 1.54) is 11.1 Å². The lowest BCUT2D eigenvalue weighted by atomic mass is 10.1. The molecular weight excluding hydrogens is 540 g/mol. The number of rotatable bonds is 18. The smallest absolute Gasteiger partial charge is 0.122 e. The highest BCUT2D eigenvalue weighted by Crippen LogP contribution is 2.16. The van der Waals surface area contributed by atoms with E-state index in [0.29, 0.717) is 37.6 Å². The van der Waals surface area contributed by atoms with Crippen molar-refractivity contribution < 1.29 is 14.2 Å². The standard InChI is InChI=1S/C34H40N6O3/c35-33(36)29-7-11-31(12-8-29)42-23-27-5-1-3-25(19-27)21-39-15-17-41-18-16-40-22-26-4-2-6-28(20-26)24-43-32-13-9-30(10-14-32)34(37)38/h1-14,19-20,39-40H,15-18,21-24H2,(H3,35,36)(H3,37,38). The number of nitrogen functional groups attached to an aromatic ring is 2. The molecule has 4 aromatic carbocycles. The lowest BCUT2D eigenvalue weighted by Gasteiger charge is -2.10. The van der Waals surface area contributed by atoms with Crippen molar-refractivity contribution in [3.63, 3.8) is 0 Å². The van der Waals surface area contributed by atoms with Crippen molar-refractivity contribution in [2.45, 2.75) is 26.3 Å². The summed E-state index contributed by atoms with van der Waals surface area (Å²) >= 11 is 0. The Kier molecular flexibility index (Phi) is 12.1. The van der Waals surface area contributed by atoms with Gasteiger partial charge in [0.05, 0.1) is 13.2 Å². The maximum absolute atomic E-state index is 7.47. The molecule has 4 rings (SSSR count). The molecule has 224 valence electrons. The molecule has 9 heteroatoms. The summed E-state index contributed by atoms with van der Waals surface area (Å²) in [6, 6.07) is 31.1. The third-order valence-electron chi connectivity index (χ3n) is 6.63. The van der Waals surface area contributed by atoms with E-state index >= 15 is 0 Å². The summed E-state index contributed by atoms with van der Waals surface area (Å²) in [5.74, 6) is 1.58. The zero-order valence-corrected chi connectivity index (χ0v) is 24.3. The average molecular weight is 581 g/mol. The molecule has 0 aromatic heterocycles. The summed E-state index contributed by atoms with van der Waals surface area (Å²) in [6.07, 6.45) is 0. The Bertz CT molecular complexity index is 1350. The van der Waals surface area contributed by atoms with Crippen molar-refractivity contribution >= 4 is 11.7 Å². The second-order valence-corrected chi connectivity index (χ2v) is 10.1. The van der Waals surface area contributed by atoms with Crippen molar-refractivity contribution in [2.24, 2.45) is 11.5 Å². The summed E-state index contributed by atoms with van der Waals surface area (Å²) in [7, 11) is 0. The van der Waals surface area contributed by atoms with Crippen molar-refractivity contribution in [1.82, 2.24) is 10.6 Å². The lowest BCUT2D eigenvalue weighted by molar-refractivity contribution is 0.137. The molecule has 0 radical (unpaired) electrons. The van der Waals surface area contributed by atoms with Crippen molar-refractivity contribution in [2.75, 3.05) is 26.3 Å². The molecule has 0 aliphatic rings. The second kappa shape index (κ2) is 16.7. The first kappa shape index (κ1) is 31.2. The van der Waals surface area contributed by atoms with E-state index in [4.69, 9.17) is 36.5 Å². The van der Waals surface area contributed by atoms with Gasteiger partial charge >= 0.3 is 0 Å². The van der Waals surface area contributed by atoms with Crippen LogP contribution in [0.1, 0.15) is 33.4 Å². The van der Waals surface area contributed by atoms with Gasteiger partial charge in [-0.05, 0) is 70.8 Å². The van der Waals surface area contributed by atoms with E-state index in [1.807, 2.05) is 48.5 Å². The Balaban J connectivity index is 1.05. The molecule has 0 unspecified atom stereocenters. The quantitative estimate of drug-likeness (QED) is 0.0583. The van der Waals surface area contributed by atoms with Crippen LogP contribution in [0.25, 0.3) is 0 Å². The van der Waals surface area contributed by atoms with Crippen LogP contribution in [0.15, 0.2) is 97.1 Å². The van der Waals surface area contributed by atoms with Crippen LogP contribution in [0.2, 0.25) is 0 Å². The Labute approximate surface area is 253 Å². The third-order valence-corrected chi connectivity index (χ3v) is 6.63. The fourth-order valence-electron chi connectivity index (χ4n) is 4.31. The van der Waals surface area contributed by atoms with Crippen LogP contribution in [-0.4, -0.2) is 38.0 Å². The summed E-state index contributed by atoms with van der Waals surface area (Å²) in [5, 5.41) is 21.8. The van der Waals surface area contributed by atoms with Gasteiger partial charge in [-0.1, -0.05) is 48.5 Å². The zero-order valence-electron chi connectivity index (χ0n) is 24.3. The molecule has 0 saturated heterocycles. The van der Waals surface area contributed by atoms with Crippen LogP contribution in [0.3, 0.4) is 0 Å². The van der Waals surface area contributed by atoms with Crippen molar-refractivity contribution in [3.05, 3.63) is 130 Å². The van der Waals surface area contributed by atoms with E-state index in [0.717, 1.165) is 48.8 Å². The van der Waals surface area contributed by atoms with Gasteiger partial charge < -0.3 is 36.3 Å². The van der Waals surface area contributed by atoms with Gasteiger partial charge in [0.2, 0.25) is 0 Å². The molecule has 0 bridgehead atoms. The van der Waals surface area contributed by atoms with Gasteiger partial charge in [-0.3, -0.25) is 10.8 Å². The third kappa shape index (κ3) is 10.9. The zero-order chi connectivity index (χ0) is 30.3. The summed E-state index contributed by atoms with van der Waals surface area (Å²) in [6.45, 7) is 5.27. The van der Waals surface area contributed by atoms with Gasteiger partial charge in [0.25, 0.3) is 0 Å². The Morgan fingerprint density at radius 3 is 1.35 bits per heavy atom. The molecule has 8 N–H and O–H groups in total. The predicted octanol–water partition coefficient (Wildman–Crippen LogP) is 4.31. The van der Waals surface area contributed by atoms with Gasteiger partial charge in [0.15, 0.2) is 0 Å². The Morgan fingerprint density at radius 2 is 0.953 bits per heavy atom. The van der Waals surface area contributed by atoms with E-state index in [9.17, 15) is 0 Å². The maximum atomic E-state index is 7.47. The van der Waals surface area contributed by atoms with E-state index in [1.54, 1.807) is 24.3 Å². The lowest BCUT2D eigenvalue weighted by Crippen LogP contribution is -2.23. The summed E-state index contributed by atoms with van der Waals surface area (Å²) < 4.78 is 17.5. The highest BCUT2D eigenvalue weighted by atomic mass is 16.5. The molecule has 0 aliphatic carbocycles. The van der Waals surface area contributed by atoms with Crippen LogP contribution in [0.4, 0.5) is 0 Å². The molecule has 0 atom stereocenters. The predicted molar refractivity (Wildman–Crippen MR) is 171 cm³/mol. The van der Waals surface area contributed by atoms with Gasteiger partial charge in [0.1, 0.15) is 36.4 Å². The van der Waals surface area contributed by atoms with Crippen LogP contribution >= 0.6 is 0 Å². The van der Waals surface area contributed by atoms with Crippen LogP contribution in [-0.2, 0) is 31.0 Å². The molecule has 0 fully saturated rings. The minimum absolute atomic E-state index is 0.0469. The normalized spacial score (nSPS) is 10.8. The topological polar surface area (TPSA) is 151 Å².